The van der Waals surface area contributed by atoms with E-state index in [0.717, 1.165) is 12.8 Å². The molecule has 23 heavy (non-hydrogen) atoms. The summed E-state index contributed by atoms with van der Waals surface area (Å²) in [6.07, 6.45) is 1.16. The third-order valence-electron chi connectivity index (χ3n) is 3.03. The second-order valence-corrected chi connectivity index (χ2v) is 11.2. The lowest BCUT2D eigenvalue weighted by Gasteiger charge is -2.36. The molecule has 138 valence electrons. The highest BCUT2D eigenvalue weighted by Gasteiger charge is 2.31. The van der Waals surface area contributed by atoms with Crippen molar-refractivity contribution >= 4 is 15.1 Å². The summed E-state index contributed by atoms with van der Waals surface area (Å²) in [6.45, 7) is 18.8. The van der Waals surface area contributed by atoms with Crippen molar-refractivity contribution < 1.29 is 14.0 Å². The highest BCUT2D eigenvalue weighted by atomic mass is 28.3. The van der Waals surface area contributed by atoms with E-state index in [9.17, 15) is 4.79 Å². The molecular formula is C17H38N2O3Si. The smallest absolute Gasteiger partial charge is 0.412 e. The van der Waals surface area contributed by atoms with E-state index in [1.807, 2.05) is 27.7 Å². The van der Waals surface area contributed by atoms with Gasteiger partial charge in [-0.1, -0.05) is 20.8 Å². The van der Waals surface area contributed by atoms with E-state index in [0.29, 0.717) is 6.54 Å². The molecule has 6 heteroatoms. The maximum absolute atomic E-state index is 12.6. The van der Waals surface area contributed by atoms with E-state index in [4.69, 9.17) is 14.9 Å². The van der Waals surface area contributed by atoms with Gasteiger partial charge in [0.25, 0.3) is 0 Å². The number of carbonyl (C=O) groups is 1. The zero-order valence-electron chi connectivity index (χ0n) is 16.6. The minimum Gasteiger partial charge on any atom is -0.444 e. The number of ether oxygens (including phenoxy) is 1. The van der Waals surface area contributed by atoms with Crippen molar-refractivity contribution in [2.45, 2.75) is 92.3 Å². The fourth-order valence-electron chi connectivity index (χ4n) is 2.11. The van der Waals surface area contributed by atoms with E-state index in [-0.39, 0.29) is 23.8 Å². The van der Waals surface area contributed by atoms with Crippen molar-refractivity contribution in [3.8, 4) is 0 Å². The summed E-state index contributed by atoms with van der Waals surface area (Å²) in [5.41, 5.74) is 5.61. The summed E-state index contributed by atoms with van der Waals surface area (Å²) in [5.74, 6) is 0. The van der Waals surface area contributed by atoms with Gasteiger partial charge in [-0.3, -0.25) is 4.90 Å². The van der Waals surface area contributed by atoms with E-state index >= 15 is 0 Å². The molecule has 0 aromatic heterocycles. The van der Waals surface area contributed by atoms with Crippen molar-refractivity contribution in [3.63, 3.8) is 0 Å². The molecule has 0 aliphatic carbocycles. The summed E-state index contributed by atoms with van der Waals surface area (Å²) in [5, 5.41) is 0. The Bertz CT molecular complexity index is 360. The molecule has 0 radical (unpaired) electrons. The Hall–Kier alpha value is -0.593. The molecule has 0 aliphatic heterocycles. The number of hydrogen-bond acceptors (Lipinski definition) is 4. The lowest BCUT2D eigenvalue weighted by Crippen LogP contribution is -2.50. The molecular weight excluding hydrogens is 308 g/mol. The normalized spacial score (nSPS) is 15.4. The van der Waals surface area contributed by atoms with Crippen LogP contribution in [0.4, 0.5) is 4.79 Å². The lowest BCUT2D eigenvalue weighted by molar-refractivity contribution is -0.0283. The fraction of sp³-hybridized carbons (Fsp3) is 0.941. The lowest BCUT2D eigenvalue weighted by atomic mass is 9.90. The van der Waals surface area contributed by atoms with E-state index < -0.39 is 14.6 Å². The quantitative estimate of drug-likeness (QED) is 0.563. The molecule has 0 spiro atoms. The first-order chi connectivity index (χ1) is 10.2. The second-order valence-electron chi connectivity index (χ2n) is 8.85. The van der Waals surface area contributed by atoms with Gasteiger partial charge < -0.3 is 14.9 Å². The Morgan fingerprint density at radius 3 is 2.04 bits per heavy atom. The van der Waals surface area contributed by atoms with Crippen molar-refractivity contribution in [1.29, 1.82) is 0 Å². The molecule has 0 bridgehead atoms. The van der Waals surface area contributed by atoms with Gasteiger partial charge in [0, 0.05) is 12.6 Å². The zero-order chi connectivity index (χ0) is 18.4. The molecule has 2 atom stereocenters. The van der Waals surface area contributed by atoms with Crippen LogP contribution in [-0.4, -0.2) is 44.4 Å². The SMILES string of the molecule is C[C@H](N)CN(C(=O)OC(C)(C)C)C(CCC(C)(C)C)O[SiH](C)C. The van der Waals surface area contributed by atoms with Crippen LogP contribution in [0.15, 0.2) is 0 Å². The van der Waals surface area contributed by atoms with Crippen molar-refractivity contribution in [2.75, 3.05) is 6.54 Å². The van der Waals surface area contributed by atoms with Gasteiger partial charge in [-0.05, 0) is 59.0 Å². The molecule has 0 saturated carbocycles. The molecule has 0 fully saturated rings. The molecule has 0 rings (SSSR count). The maximum atomic E-state index is 12.6. The third-order valence-corrected chi connectivity index (χ3v) is 3.89. The van der Waals surface area contributed by atoms with Gasteiger partial charge in [-0.25, -0.2) is 4.79 Å². The molecule has 0 heterocycles. The summed E-state index contributed by atoms with van der Waals surface area (Å²) in [7, 11) is -1.30. The molecule has 0 aromatic rings. The minimum atomic E-state index is -1.30. The number of carbonyl (C=O) groups excluding carboxylic acids is 1. The number of nitrogens with two attached hydrogens (primary N) is 1. The Morgan fingerprint density at radius 1 is 1.17 bits per heavy atom. The number of amides is 1. The predicted molar refractivity (Wildman–Crippen MR) is 99.0 cm³/mol. The Kier molecular flexibility index (Phi) is 8.80. The van der Waals surface area contributed by atoms with Crippen LogP contribution in [0.3, 0.4) is 0 Å². The van der Waals surface area contributed by atoms with Crippen LogP contribution in [0.2, 0.25) is 13.1 Å². The van der Waals surface area contributed by atoms with Crippen molar-refractivity contribution in [2.24, 2.45) is 11.1 Å². The molecule has 1 amide bonds. The van der Waals surface area contributed by atoms with Crippen molar-refractivity contribution in [3.05, 3.63) is 0 Å². The molecule has 0 aliphatic rings. The average Bonchev–Trinajstić information content (AvgIpc) is 2.27. The summed E-state index contributed by atoms with van der Waals surface area (Å²) >= 11 is 0. The van der Waals surface area contributed by atoms with Crippen LogP contribution in [0, 0.1) is 5.41 Å². The number of nitrogens with zero attached hydrogens (tertiary/aromatic N) is 1. The molecule has 0 aromatic carbocycles. The summed E-state index contributed by atoms with van der Waals surface area (Å²) in [6, 6.07) is -0.128. The molecule has 5 nitrogen and oxygen atoms in total. The highest BCUT2D eigenvalue weighted by molar-refractivity contribution is 6.48. The molecule has 2 N–H and O–H groups in total. The first kappa shape index (κ1) is 22.4. The van der Waals surface area contributed by atoms with Gasteiger partial charge in [0.2, 0.25) is 0 Å². The summed E-state index contributed by atoms with van der Waals surface area (Å²) < 4.78 is 11.7. The monoisotopic (exact) mass is 346 g/mol. The third kappa shape index (κ3) is 11.6. The van der Waals surface area contributed by atoms with Gasteiger partial charge >= 0.3 is 6.09 Å². The predicted octanol–water partition coefficient (Wildman–Crippen LogP) is 3.72. The number of rotatable bonds is 7. The zero-order valence-corrected chi connectivity index (χ0v) is 17.8. The second kappa shape index (κ2) is 9.04. The van der Waals surface area contributed by atoms with Gasteiger partial charge in [-0.15, -0.1) is 0 Å². The topological polar surface area (TPSA) is 64.8 Å². The first-order valence-corrected chi connectivity index (χ1v) is 11.4. The largest absolute Gasteiger partial charge is 0.444 e. The van der Waals surface area contributed by atoms with E-state index in [1.54, 1.807) is 4.90 Å². The van der Waals surface area contributed by atoms with Crippen LogP contribution in [0.5, 0.6) is 0 Å². The minimum absolute atomic E-state index is 0.128. The van der Waals surface area contributed by atoms with Crippen molar-refractivity contribution in [1.82, 2.24) is 4.90 Å². The molecule has 1 unspecified atom stereocenters. The van der Waals surface area contributed by atoms with Crippen LogP contribution in [-0.2, 0) is 9.16 Å². The number of hydrogen-bond donors (Lipinski definition) is 1. The van der Waals surface area contributed by atoms with E-state index in [2.05, 4.69) is 33.9 Å². The Balaban J connectivity index is 5.23. The Morgan fingerprint density at radius 2 is 1.70 bits per heavy atom. The fourth-order valence-corrected chi connectivity index (χ4v) is 3.02. The van der Waals surface area contributed by atoms with Crippen LogP contribution < -0.4 is 5.73 Å². The Labute approximate surface area is 144 Å². The summed E-state index contributed by atoms with van der Waals surface area (Å²) in [4.78, 5) is 14.3. The van der Waals surface area contributed by atoms with Gasteiger partial charge in [0.1, 0.15) is 11.8 Å². The van der Waals surface area contributed by atoms with E-state index in [1.165, 1.54) is 0 Å². The maximum Gasteiger partial charge on any atom is 0.412 e. The van der Waals surface area contributed by atoms with Crippen LogP contribution in [0.1, 0.15) is 61.3 Å². The van der Waals surface area contributed by atoms with Crippen LogP contribution >= 0.6 is 0 Å². The van der Waals surface area contributed by atoms with Gasteiger partial charge in [0.05, 0.1) is 0 Å². The standard InChI is InChI=1S/C17H38N2O3Si/c1-13(18)12-19(15(20)21-17(5,6)7)14(22-23(8)9)10-11-16(2,3)4/h13-14,23H,10-12,18H2,1-9H3/t13-,14?/m0/s1. The van der Waals surface area contributed by atoms with Gasteiger partial charge in [0.15, 0.2) is 9.04 Å². The average molecular weight is 347 g/mol. The van der Waals surface area contributed by atoms with Gasteiger partial charge in [-0.2, -0.15) is 0 Å². The molecule has 0 saturated heterocycles. The highest BCUT2D eigenvalue weighted by Crippen LogP contribution is 2.25. The van der Waals surface area contributed by atoms with Crippen LogP contribution in [0.25, 0.3) is 0 Å². The first-order valence-electron chi connectivity index (χ1n) is 8.62.